The van der Waals surface area contributed by atoms with Crippen LogP contribution in [0.2, 0.25) is 10.0 Å². The van der Waals surface area contributed by atoms with Crippen molar-refractivity contribution in [1.82, 2.24) is 10.3 Å². The lowest BCUT2D eigenvalue weighted by molar-refractivity contribution is 0.707. The van der Waals surface area contributed by atoms with Crippen molar-refractivity contribution in [1.29, 1.82) is 0 Å². The molecule has 5 nitrogen and oxygen atoms in total. The number of nitrogens with zero attached hydrogens (tertiary/aromatic N) is 3. The molecule has 24 heavy (non-hydrogen) atoms. The fraction of sp³-hybridized carbons (Fsp3) is 0.294. The first-order valence-corrected chi connectivity index (χ1v) is 8.27. The lowest BCUT2D eigenvalue weighted by Crippen LogP contribution is -2.34. The third-order valence-electron chi connectivity index (χ3n) is 3.46. The summed E-state index contributed by atoms with van der Waals surface area (Å²) in [5.41, 5.74) is 7.73. The summed E-state index contributed by atoms with van der Waals surface area (Å²) in [6, 6.07) is 11.1. The summed E-state index contributed by atoms with van der Waals surface area (Å²) in [6.07, 6.45) is 0. The normalized spacial score (nSPS) is 12.8. The van der Waals surface area contributed by atoms with Crippen LogP contribution in [0.5, 0.6) is 0 Å². The quantitative estimate of drug-likeness (QED) is 0.627. The van der Waals surface area contributed by atoms with Crippen LogP contribution in [0.25, 0.3) is 0 Å². The zero-order chi connectivity index (χ0) is 17.7. The molecule has 1 heterocycles. The largest absolute Gasteiger partial charge is 0.370 e. The van der Waals surface area contributed by atoms with Gasteiger partial charge in [0.05, 0.1) is 18.3 Å². The second-order valence-electron chi connectivity index (χ2n) is 5.61. The number of guanidine groups is 1. The third-order valence-corrected chi connectivity index (χ3v) is 4.02. The van der Waals surface area contributed by atoms with Gasteiger partial charge in [-0.2, -0.15) is 0 Å². The molecule has 3 N–H and O–H groups in total. The first-order chi connectivity index (χ1) is 11.4. The molecule has 0 spiro atoms. The van der Waals surface area contributed by atoms with E-state index < -0.39 is 0 Å². The number of nitrogens with two attached hydrogens (primary N) is 1. The van der Waals surface area contributed by atoms with Gasteiger partial charge < -0.3 is 16.0 Å². The number of aromatic nitrogens is 1. The maximum Gasteiger partial charge on any atom is 0.189 e. The highest BCUT2D eigenvalue weighted by Crippen LogP contribution is 2.25. The SMILES string of the molecule is CC(NC(N)=NCc1cccc(N(C)C)n1)c1ccc(Cl)cc1Cl. The van der Waals surface area contributed by atoms with E-state index in [1.165, 1.54) is 0 Å². The van der Waals surface area contributed by atoms with Gasteiger partial charge in [-0.15, -0.1) is 0 Å². The van der Waals surface area contributed by atoms with Crippen LogP contribution in [0.4, 0.5) is 5.82 Å². The first-order valence-electron chi connectivity index (χ1n) is 7.51. The van der Waals surface area contributed by atoms with E-state index in [1.807, 2.05) is 50.2 Å². The minimum atomic E-state index is -0.0837. The average Bonchev–Trinajstić information content (AvgIpc) is 2.53. The second kappa shape index (κ2) is 8.22. The number of halogens is 2. The summed E-state index contributed by atoms with van der Waals surface area (Å²) >= 11 is 12.1. The van der Waals surface area contributed by atoms with Crippen LogP contribution in [-0.2, 0) is 6.54 Å². The van der Waals surface area contributed by atoms with Crippen molar-refractivity contribution in [2.24, 2.45) is 10.7 Å². The number of hydrogen-bond acceptors (Lipinski definition) is 3. The molecule has 7 heteroatoms. The Hall–Kier alpha value is -1.98. The van der Waals surface area contributed by atoms with Gasteiger partial charge >= 0.3 is 0 Å². The molecular weight excluding hydrogens is 345 g/mol. The van der Waals surface area contributed by atoms with Crippen molar-refractivity contribution in [3.63, 3.8) is 0 Å². The van der Waals surface area contributed by atoms with Crippen molar-refractivity contribution in [2.75, 3.05) is 19.0 Å². The monoisotopic (exact) mass is 365 g/mol. The molecule has 1 aromatic carbocycles. The van der Waals surface area contributed by atoms with Crippen molar-refractivity contribution < 1.29 is 0 Å². The Morgan fingerprint density at radius 3 is 2.71 bits per heavy atom. The fourth-order valence-corrected chi connectivity index (χ4v) is 2.74. The average molecular weight is 366 g/mol. The summed E-state index contributed by atoms with van der Waals surface area (Å²) in [4.78, 5) is 10.8. The van der Waals surface area contributed by atoms with E-state index in [4.69, 9.17) is 28.9 Å². The van der Waals surface area contributed by atoms with Crippen molar-refractivity contribution in [3.05, 3.63) is 57.7 Å². The topological polar surface area (TPSA) is 66.5 Å². The molecular formula is C17H21Cl2N5. The van der Waals surface area contributed by atoms with Crippen LogP contribution in [0.1, 0.15) is 24.2 Å². The van der Waals surface area contributed by atoms with Crippen LogP contribution in [0.15, 0.2) is 41.4 Å². The highest BCUT2D eigenvalue weighted by molar-refractivity contribution is 6.35. The second-order valence-corrected chi connectivity index (χ2v) is 6.46. The fourth-order valence-electron chi connectivity index (χ4n) is 2.17. The molecule has 128 valence electrons. The molecule has 0 aliphatic heterocycles. The predicted molar refractivity (Wildman–Crippen MR) is 102 cm³/mol. The smallest absolute Gasteiger partial charge is 0.189 e. The lowest BCUT2D eigenvalue weighted by atomic mass is 10.1. The van der Waals surface area contributed by atoms with Gasteiger partial charge in [-0.1, -0.05) is 35.3 Å². The van der Waals surface area contributed by atoms with Crippen molar-refractivity contribution >= 4 is 35.0 Å². The van der Waals surface area contributed by atoms with Crippen molar-refractivity contribution in [3.8, 4) is 0 Å². The summed E-state index contributed by atoms with van der Waals surface area (Å²) in [5, 5.41) is 4.32. The van der Waals surface area contributed by atoms with Crippen LogP contribution >= 0.6 is 23.2 Å². The number of pyridine rings is 1. The standard InChI is InChI=1S/C17H21Cl2N5/c1-11(14-8-7-12(18)9-15(14)19)22-17(20)21-10-13-5-4-6-16(23-13)24(2)3/h4-9,11H,10H2,1-3H3,(H3,20,21,22). The van der Waals surface area contributed by atoms with Crippen LogP contribution in [0.3, 0.4) is 0 Å². The molecule has 1 aromatic heterocycles. The summed E-state index contributed by atoms with van der Waals surface area (Å²) in [7, 11) is 3.89. The molecule has 0 aliphatic rings. The Bertz CT molecular complexity index is 731. The van der Waals surface area contributed by atoms with Gasteiger partial charge in [-0.25, -0.2) is 9.98 Å². The Morgan fingerprint density at radius 2 is 2.04 bits per heavy atom. The summed E-state index contributed by atoms with van der Waals surface area (Å²) in [5.74, 6) is 1.22. The predicted octanol–water partition coefficient (Wildman–Crippen LogP) is 3.62. The Kier molecular flexibility index (Phi) is 6.29. The van der Waals surface area contributed by atoms with E-state index in [0.29, 0.717) is 22.5 Å². The van der Waals surface area contributed by atoms with Gasteiger partial charge in [0.15, 0.2) is 5.96 Å². The van der Waals surface area contributed by atoms with Crippen molar-refractivity contribution in [2.45, 2.75) is 19.5 Å². The Morgan fingerprint density at radius 1 is 1.29 bits per heavy atom. The number of benzene rings is 1. The zero-order valence-electron chi connectivity index (χ0n) is 13.9. The van der Waals surface area contributed by atoms with E-state index in [2.05, 4.69) is 15.3 Å². The molecule has 0 radical (unpaired) electrons. The van der Waals surface area contributed by atoms with Gasteiger partial charge in [0.25, 0.3) is 0 Å². The molecule has 2 aromatic rings. The third kappa shape index (κ3) is 5.01. The molecule has 0 saturated heterocycles. The van der Waals surface area contributed by atoms with Gasteiger partial charge in [-0.05, 0) is 36.8 Å². The van der Waals surface area contributed by atoms with E-state index in [-0.39, 0.29) is 6.04 Å². The van der Waals surface area contributed by atoms with E-state index in [0.717, 1.165) is 17.1 Å². The summed E-state index contributed by atoms with van der Waals surface area (Å²) < 4.78 is 0. The van der Waals surface area contributed by atoms with Gasteiger partial charge in [-0.3, -0.25) is 0 Å². The van der Waals surface area contributed by atoms with Gasteiger partial charge in [0.2, 0.25) is 0 Å². The molecule has 0 saturated carbocycles. The summed E-state index contributed by atoms with van der Waals surface area (Å²) in [6.45, 7) is 2.37. The van der Waals surface area contributed by atoms with E-state index in [1.54, 1.807) is 12.1 Å². The highest BCUT2D eigenvalue weighted by atomic mass is 35.5. The van der Waals surface area contributed by atoms with Crippen LogP contribution < -0.4 is 16.0 Å². The van der Waals surface area contributed by atoms with Gasteiger partial charge in [0, 0.05) is 24.1 Å². The van der Waals surface area contributed by atoms with E-state index in [9.17, 15) is 0 Å². The maximum atomic E-state index is 6.21. The van der Waals surface area contributed by atoms with E-state index >= 15 is 0 Å². The minimum Gasteiger partial charge on any atom is -0.370 e. The lowest BCUT2D eigenvalue weighted by Gasteiger charge is -2.16. The molecule has 1 unspecified atom stereocenters. The minimum absolute atomic E-state index is 0.0837. The Balaban J connectivity index is 2.02. The number of aliphatic imine (C=N–C) groups is 1. The number of hydrogen-bond donors (Lipinski definition) is 2. The molecule has 0 amide bonds. The molecule has 0 fully saturated rings. The maximum absolute atomic E-state index is 6.21. The van der Waals surface area contributed by atoms with Gasteiger partial charge in [0.1, 0.15) is 5.82 Å². The zero-order valence-corrected chi connectivity index (χ0v) is 15.4. The number of nitrogens with one attached hydrogen (secondary N) is 1. The number of anilines is 1. The van der Waals surface area contributed by atoms with Crippen LogP contribution in [0, 0.1) is 0 Å². The highest BCUT2D eigenvalue weighted by Gasteiger charge is 2.10. The van der Waals surface area contributed by atoms with Crippen LogP contribution in [-0.4, -0.2) is 25.0 Å². The molecule has 0 aliphatic carbocycles. The molecule has 2 rings (SSSR count). The Labute approximate surface area is 152 Å². The number of rotatable bonds is 5. The molecule has 0 bridgehead atoms. The first kappa shape index (κ1) is 18.4. The molecule has 1 atom stereocenters.